The summed E-state index contributed by atoms with van der Waals surface area (Å²) in [5.74, 6) is 0. The third kappa shape index (κ3) is 6.79. The normalized spacial score (nSPS) is 12.8. The highest BCUT2D eigenvalue weighted by atomic mass is 32.2. The topological polar surface area (TPSA) is 204 Å². The van der Waals surface area contributed by atoms with Gasteiger partial charge >= 0.3 is 0 Å². The molecule has 0 saturated carbocycles. The van der Waals surface area contributed by atoms with E-state index in [1.165, 1.54) is 24.3 Å². The van der Waals surface area contributed by atoms with Crippen LogP contribution in [-0.4, -0.2) is 25.9 Å². The summed E-state index contributed by atoms with van der Waals surface area (Å²) in [7, 11) is -9.03. The van der Waals surface area contributed by atoms with E-state index in [1.807, 2.05) is 0 Å². The van der Waals surface area contributed by atoms with E-state index in [1.54, 1.807) is 30.3 Å². The van der Waals surface area contributed by atoms with E-state index in [0.717, 1.165) is 30.3 Å². The Morgan fingerprint density at radius 3 is 1.92 bits per heavy atom. The predicted octanol–water partition coefficient (Wildman–Crippen LogP) is 1.38. The molecular formula is C24H19N5O8S2. The summed E-state index contributed by atoms with van der Waals surface area (Å²) in [5, 5.41) is 9.87. The van der Waals surface area contributed by atoms with E-state index in [-0.39, 0.29) is 27.3 Å². The SMILES string of the molecule is O=c1ccc(=NNc2ccc(Nc3ccccc3)c(S(=O)(=O)O)c2)c(=O)c1=NNc1ccc(S(=O)(=O)O)cc1. The largest absolute Gasteiger partial charge is 0.354 e. The number of nitrogens with one attached hydrogen (secondary N) is 3. The zero-order valence-corrected chi connectivity index (χ0v) is 21.3. The molecule has 0 aromatic heterocycles. The molecule has 13 nitrogen and oxygen atoms in total. The third-order valence-corrected chi connectivity index (χ3v) is 6.90. The molecule has 0 spiro atoms. The van der Waals surface area contributed by atoms with Crippen molar-refractivity contribution in [3.63, 3.8) is 0 Å². The van der Waals surface area contributed by atoms with Crippen LogP contribution in [-0.2, 0) is 20.2 Å². The fourth-order valence-electron chi connectivity index (χ4n) is 3.27. The summed E-state index contributed by atoms with van der Waals surface area (Å²) in [5.41, 5.74) is 4.44. The highest BCUT2D eigenvalue weighted by molar-refractivity contribution is 7.86. The number of hydrogen-bond acceptors (Lipinski definition) is 11. The number of hydrogen-bond donors (Lipinski definition) is 5. The fourth-order valence-corrected chi connectivity index (χ4v) is 4.42. The van der Waals surface area contributed by atoms with Gasteiger partial charge < -0.3 is 5.32 Å². The first-order chi connectivity index (χ1) is 18.4. The van der Waals surface area contributed by atoms with Crippen LogP contribution in [0.15, 0.2) is 115 Å². The van der Waals surface area contributed by atoms with Crippen molar-refractivity contribution in [1.82, 2.24) is 0 Å². The molecule has 15 heteroatoms. The number of anilines is 4. The molecule has 39 heavy (non-hydrogen) atoms. The average Bonchev–Trinajstić information content (AvgIpc) is 2.88. The van der Waals surface area contributed by atoms with Gasteiger partial charge in [0.05, 0.1) is 22.0 Å². The lowest BCUT2D eigenvalue weighted by atomic mass is 10.2. The second-order valence-electron chi connectivity index (χ2n) is 7.88. The molecule has 0 aliphatic heterocycles. The maximum Gasteiger partial charge on any atom is 0.296 e. The van der Waals surface area contributed by atoms with Gasteiger partial charge in [0.25, 0.3) is 20.2 Å². The van der Waals surface area contributed by atoms with Crippen molar-refractivity contribution in [3.05, 3.63) is 116 Å². The molecule has 0 atom stereocenters. The van der Waals surface area contributed by atoms with Gasteiger partial charge in [-0.2, -0.15) is 27.0 Å². The predicted molar refractivity (Wildman–Crippen MR) is 142 cm³/mol. The Labute approximate surface area is 221 Å². The van der Waals surface area contributed by atoms with Crippen molar-refractivity contribution in [2.75, 3.05) is 16.2 Å². The number of nitrogens with zero attached hydrogens (tertiary/aromatic N) is 2. The lowest BCUT2D eigenvalue weighted by Gasteiger charge is -2.12. The van der Waals surface area contributed by atoms with E-state index >= 15 is 0 Å². The van der Waals surface area contributed by atoms with E-state index in [4.69, 9.17) is 4.55 Å². The first-order valence-electron chi connectivity index (χ1n) is 10.9. The Kier molecular flexibility index (Phi) is 7.68. The van der Waals surface area contributed by atoms with Crippen LogP contribution in [0.1, 0.15) is 0 Å². The molecule has 200 valence electrons. The molecule has 0 aliphatic rings. The van der Waals surface area contributed by atoms with Crippen LogP contribution in [0.5, 0.6) is 0 Å². The van der Waals surface area contributed by atoms with Gasteiger partial charge in [0.2, 0.25) is 10.9 Å². The second kappa shape index (κ2) is 11.0. The van der Waals surface area contributed by atoms with Crippen LogP contribution >= 0.6 is 0 Å². The molecule has 4 rings (SSSR count). The molecule has 0 saturated heterocycles. The van der Waals surface area contributed by atoms with Crippen molar-refractivity contribution in [2.24, 2.45) is 10.2 Å². The molecular weight excluding hydrogens is 550 g/mol. The Bertz CT molecular complexity index is 1970. The van der Waals surface area contributed by atoms with Crippen LogP contribution in [0.2, 0.25) is 0 Å². The monoisotopic (exact) mass is 569 g/mol. The van der Waals surface area contributed by atoms with Crippen LogP contribution in [0.4, 0.5) is 22.7 Å². The van der Waals surface area contributed by atoms with Gasteiger partial charge in [0.15, 0.2) is 5.36 Å². The summed E-state index contributed by atoms with van der Waals surface area (Å²) >= 11 is 0. The van der Waals surface area contributed by atoms with Crippen molar-refractivity contribution >= 4 is 43.0 Å². The van der Waals surface area contributed by atoms with Gasteiger partial charge in [-0.15, -0.1) is 0 Å². The standard InChI is InChI=1S/C24H19N5O8S2/c30-21-13-12-20(24(31)23(21)29-26-16-6-9-18(10-7-16)38(32,33)34)28-27-17-8-11-19(22(14-17)39(35,36)37)25-15-4-2-1-3-5-15/h1-14,25-27H,(H,32,33,34)(H,35,36,37). The fraction of sp³-hybridized carbons (Fsp3) is 0. The van der Waals surface area contributed by atoms with E-state index in [2.05, 4.69) is 26.4 Å². The maximum atomic E-state index is 12.8. The highest BCUT2D eigenvalue weighted by Gasteiger charge is 2.17. The molecule has 0 amide bonds. The van der Waals surface area contributed by atoms with Crippen LogP contribution in [0.25, 0.3) is 0 Å². The summed E-state index contributed by atoms with van der Waals surface area (Å²) in [6, 6.07) is 19.6. The van der Waals surface area contributed by atoms with Crippen molar-refractivity contribution in [1.29, 1.82) is 0 Å². The summed E-state index contributed by atoms with van der Waals surface area (Å²) in [6.45, 7) is 0. The lowest BCUT2D eigenvalue weighted by Crippen LogP contribution is -2.47. The van der Waals surface area contributed by atoms with Crippen molar-refractivity contribution < 1.29 is 25.9 Å². The first-order valence-corrected chi connectivity index (χ1v) is 13.8. The highest BCUT2D eigenvalue weighted by Crippen LogP contribution is 2.28. The molecule has 0 heterocycles. The second-order valence-corrected chi connectivity index (χ2v) is 10.7. The molecule has 0 unspecified atom stereocenters. The average molecular weight is 570 g/mol. The molecule has 5 N–H and O–H groups in total. The van der Waals surface area contributed by atoms with Gasteiger partial charge in [0.1, 0.15) is 10.3 Å². The van der Waals surface area contributed by atoms with E-state index in [9.17, 15) is 31.0 Å². The minimum absolute atomic E-state index is 0.103. The Balaban J connectivity index is 1.63. The summed E-state index contributed by atoms with van der Waals surface area (Å²) < 4.78 is 65.0. The van der Waals surface area contributed by atoms with Gasteiger partial charge in [-0.05, 0) is 66.7 Å². The number of benzene rings is 4. The third-order valence-electron chi connectivity index (χ3n) is 5.14. The summed E-state index contributed by atoms with van der Waals surface area (Å²) in [4.78, 5) is 24.2. The lowest BCUT2D eigenvalue weighted by molar-refractivity contribution is 0.481. The first kappa shape index (κ1) is 27.3. The Hall–Kier alpha value is -4.70. The van der Waals surface area contributed by atoms with Crippen molar-refractivity contribution in [2.45, 2.75) is 9.79 Å². The van der Waals surface area contributed by atoms with Crippen LogP contribution in [0, 0.1) is 0 Å². The maximum absolute atomic E-state index is 12.8. The van der Waals surface area contributed by atoms with Crippen LogP contribution < -0.4 is 37.7 Å². The zero-order valence-electron chi connectivity index (χ0n) is 19.6. The van der Waals surface area contributed by atoms with E-state index < -0.39 is 41.3 Å². The minimum atomic E-state index is -4.64. The van der Waals surface area contributed by atoms with Crippen LogP contribution in [0.3, 0.4) is 0 Å². The molecule has 0 fully saturated rings. The van der Waals surface area contributed by atoms with Gasteiger partial charge in [0, 0.05) is 5.69 Å². The van der Waals surface area contributed by atoms with Gasteiger partial charge in [-0.3, -0.25) is 29.5 Å². The summed E-state index contributed by atoms with van der Waals surface area (Å²) in [6.07, 6.45) is 0. The quantitative estimate of drug-likeness (QED) is 0.151. The van der Waals surface area contributed by atoms with Gasteiger partial charge in [-0.1, -0.05) is 18.2 Å². The van der Waals surface area contributed by atoms with Gasteiger partial charge in [-0.25, -0.2) is 0 Å². The molecule has 0 aliphatic carbocycles. The molecule has 0 radical (unpaired) electrons. The Morgan fingerprint density at radius 2 is 1.28 bits per heavy atom. The molecule has 0 bridgehead atoms. The number of para-hydroxylation sites is 1. The van der Waals surface area contributed by atoms with Crippen molar-refractivity contribution in [3.8, 4) is 0 Å². The smallest absolute Gasteiger partial charge is 0.296 e. The zero-order chi connectivity index (χ0) is 28.2. The molecule has 4 aromatic rings. The minimum Gasteiger partial charge on any atom is -0.354 e. The number of rotatable bonds is 8. The van der Waals surface area contributed by atoms with E-state index in [0.29, 0.717) is 5.69 Å². The molecule has 4 aromatic carbocycles. The Morgan fingerprint density at radius 1 is 0.641 bits per heavy atom.